The molecule has 0 fully saturated rings. The molecule has 28 heavy (non-hydrogen) atoms. The smallest absolute Gasteiger partial charge is 0.306 e. The lowest BCUT2D eigenvalue weighted by Gasteiger charge is -2.22. The summed E-state index contributed by atoms with van der Waals surface area (Å²) in [5.41, 5.74) is 1.88. The lowest BCUT2D eigenvalue weighted by molar-refractivity contribution is -0.126. The molecule has 0 atom stereocenters. The van der Waals surface area contributed by atoms with Crippen LogP contribution < -0.4 is 4.18 Å². The molecule has 2 aromatic rings. The number of amides is 1. The molecule has 1 amide bonds. The summed E-state index contributed by atoms with van der Waals surface area (Å²) in [6.07, 6.45) is 5.32. The number of hydrogen-bond donors (Lipinski definition) is 0. The molecular weight excluding hydrogens is 374 g/mol. The van der Waals surface area contributed by atoms with Crippen molar-refractivity contribution in [3.8, 4) is 5.75 Å². The zero-order valence-electron chi connectivity index (χ0n) is 16.5. The van der Waals surface area contributed by atoms with Crippen molar-refractivity contribution in [1.29, 1.82) is 0 Å². The van der Waals surface area contributed by atoms with E-state index in [-0.39, 0.29) is 11.7 Å². The number of carbonyl (C=O) groups is 1. The molecule has 0 aliphatic rings. The Morgan fingerprint density at radius 3 is 2.29 bits per heavy atom. The molecule has 5 nitrogen and oxygen atoms in total. The number of carbonyl (C=O) groups excluding carboxylic acids is 1. The van der Waals surface area contributed by atoms with Gasteiger partial charge in [0, 0.05) is 19.2 Å². The highest BCUT2D eigenvalue weighted by Crippen LogP contribution is 2.16. The van der Waals surface area contributed by atoms with Crippen LogP contribution in [0.5, 0.6) is 5.75 Å². The van der Waals surface area contributed by atoms with Crippen LogP contribution in [-0.4, -0.2) is 32.0 Å². The van der Waals surface area contributed by atoms with Crippen LogP contribution in [-0.2, 0) is 21.5 Å². The van der Waals surface area contributed by atoms with E-state index >= 15 is 0 Å². The van der Waals surface area contributed by atoms with Crippen LogP contribution in [0.25, 0.3) is 6.08 Å². The molecule has 0 N–H and O–H groups in total. The molecule has 2 aromatic carbocycles. The van der Waals surface area contributed by atoms with Gasteiger partial charge in [-0.05, 0) is 41.7 Å². The standard InChI is InChI=1S/C22H27NO4S/c1-18(2)15-16-23(22(24)14-11-19-7-5-4-6-8-19)17-20-9-12-21(13-10-20)27-28(3,25)26/h4-14,18H,15-17H2,1-3H3/b14-11+. The van der Waals surface area contributed by atoms with Crippen LogP contribution in [0.15, 0.2) is 60.7 Å². The molecule has 0 aliphatic carbocycles. The van der Waals surface area contributed by atoms with Gasteiger partial charge in [0.15, 0.2) is 0 Å². The van der Waals surface area contributed by atoms with Gasteiger partial charge in [-0.3, -0.25) is 4.79 Å². The Balaban J connectivity index is 2.09. The first-order chi connectivity index (χ1) is 13.2. The highest BCUT2D eigenvalue weighted by atomic mass is 32.2. The monoisotopic (exact) mass is 401 g/mol. The van der Waals surface area contributed by atoms with Gasteiger partial charge in [-0.25, -0.2) is 0 Å². The van der Waals surface area contributed by atoms with Gasteiger partial charge in [0.25, 0.3) is 0 Å². The van der Waals surface area contributed by atoms with E-state index in [9.17, 15) is 13.2 Å². The molecule has 6 heteroatoms. The number of benzene rings is 2. The van der Waals surface area contributed by atoms with Gasteiger partial charge in [-0.1, -0.05) is 56.3 Å². The molecule has 0 saturated carbocycles. The molecule has 2 rings (SSSR count). The maximum absolute atomic E-state index is 12.7. The van der Waals surface area contributed by atoms with E-state index in [2.05, 4.69) is 13.8 Å². The molecule has 0 bridgehead atoms. The molecule has 0 spiro atoms. The SMILES string of the molecule is CC(C)CCN(Cc1ccc(OS(C)(=O)=O)cc1)C(=O)/C=C/c1ccccc1. The summed E-state index contributed by atoms with van der Waals surface area (Å²) in [4.78, 5) is 14.5. The molecule has 0 aromatic heterocycles. The van der Waals surface area contributed by atoms with Gasteiger partial charge in [-0.15, -0.1) is 0 Å². The second-order valence-electron chi connectivity index (χ2n) is 7.12. The average Bonchev–Trinajstić information content (AvgIpc) is 2.64. The molecule has 150 valence electrons. The zero-order chi connectivity index (χ0) is 20.6. The van der Waals surface area contributed by atoms with Crippen LogP contribution in [0.2, 0.25) is 0 Å². The van der Waals surface area contributed by atoms with Gasteiger partial charge in [-0.2, -0.15) is 8.42 Å². The van der Waals surface area contributed by atoms with Crippen molar-refractivity contribution in [2.45, 2.75) is 26.8 Å². The minimum absolute atomic E-state index is 0.0547. The molecule has 0 aliphatic heterocycles. The fraction of sp³-hybridized carbons (Fsp3) is 0.318. The summed E-state index contributed by atoms with van der Waals surface area (Å²) in [5, 5.41) is 0. The predicted molar refractivity (Wildman–Crippen MR) is 112 cm³/mol. The highest BCUT2D eigenvalue weighted by Gasteiger charge is 2.13. The van der Waals surface area contributed by atoms with Gasteiger partial charge in [0.1, 0.15) is 5.75 Å². The Bertz CT molecular complexity index is 888. The van der Waals surface area contributed by atoms with Crippen LogP contribution in [0, 0.1) is 5.92 Å². The third kappa shape index (κ3) is 7.96. The maximum atomic E-state index is 12.7. The largest absolute Gasteiger partial charge is 0.383 e. The van der Waals surface area contributed by atoms with Gasteiger partial charge in [0.05, 0.1) is 6.26 Å². The topological polar surface area (TPSA) is 63.7 Å². The Morgan fingerprint density at radius 2 is 1.71 bits per heavy atom. The average molecular weight is 402 g/mol. The van der Waals surface area contributed by atoms with E-state index in [1.54, 1.807) is 35.2 Å². The summed E-state index contributed by atoms with van der Waals surface area (Å²) in [7, 11) is -3.55. The lowest BCUT2D eigenvalue weighted by Crippen LogP contribution is -2.30. The van der Waals surface area contributed by atoms with Gasteiger partial charge >= 0.3 is 10.1 Å². The van der Waals surface area contributed by atoms with Crippen molar-refractivity contribution in [1.82, 2.24) is 4.90 Å². The number of nitrogens with zero attached hydrogens (tertiary/aromatic N) is 1. The predicted octanol–water partition coefficient (Wildman–Crippen LogP) is 4.11. The van der Waals surface area contributed by atoms with Crippen LogP contribution >= 0.6 is 0 Å². The highest BCUT2D eigenvalue weighted by molar-refractivity contribution is 7.86. The van der Waals surface area contributed by atoms with E-state index in [1.807, 2.05) is 36.4 Å². The van der Waals surface area contributed by atoms with Gasteiger partial charge in [0.2, 0.25) is 5.91 Å². The summed E-state index contributed by atoms with van der Waals surface area (Å²) >= 11 is 0. The first kappa shape index (κ1) is 21.7. The quantitative estimate of drug-likeness (QED) is 0.468. The third-order valence-electron chi connectivity index (χ3n) is 4.05. The Labute approximate surface area is 167 Å². The Kier molecular flexibility index (Phi) is 7.81. The van der Waals surface area contributed by atoms with Crippen molar-refractivity contribution < 1.29 is 17.4 Å². The molecular formula is C22H27NO4S. The second kappa shape index (κ2) is 10.1. The summed E-state index contributed by atoms with van der Waals surface area (Å²) < 4.78 is 27.3. The minimum Gasteiger partial charge on any atom is -0.383 e. The van der Waals surface area contributed by atoms with Crippen molar-refractivity contribution >= 4 is 22.1 Å². The van der Waals surface area contributed by atoms with E-state index in [4.69, 9.17) is 4.18 Å². The molecule has 0 heterocycles. The first-order valence-corrected chi connectivity index (χ1v) is 11.0. The number of hydrogen-bond acceptors (Lipinski definition) is 4. The van der Waals surface area contributed by atoms with Crippen molar-refractivity contribution in [3.05, 3.63) is 71.8 Å². The second-order valence-corrected chi connectivity index (χ2v) is 8.69. The maximum Gasteiger partial charge on any atom is 0.306 e. The van der Waals surface area contributed by atoms with Crippen LogP contribution in [0.1, 0.15) is 31.4 Å². The molecule has 0 saturated heterocycles. The molecule has 0 radical (unpaired) electrons. The Hall–Kier alpha value is -2.60. The minimum atomic E-state index is -3.55. The fourth-order valence-electron chi connectivity index (χ4n) is 2.56. The summed E-state index contributed by atoms with van der Waals surface area (Å²) in [6, 6.07) is 16.4. The van der Waals surface area contributed by atoms with Crippen molar-refractivity contribution in [2.75, 3.05) is 12.8 Å². The first-order valence-electron chi connectivity index (χ1n) is 9.23. The van der Waals surface area contributed by atoms with E-state index in [0.717, 1.165) is 23.8 Å². The van der Waals surface area contributed by atoms with E-state index < -0.39 is 10.1 Å². The third-order valence-corrected chi connectivity index (χ3v) is 4.55. The lowest BCUT2D eigenvalue weighted by atomic mass is 10.1. The van der Waals surface area contributed by atoms with Gasteiger partial charge < -0.3 is 9.08 Å². The molecule has 0 unspecified atom stereocenters. The van der Waals surface area contributed by atoms with Crippen molar-refractivity contribution in [2.24, 2.45) is 5.92 Å². The number of rotatable bonds is 9. The van der Waals surface area contributed by atoms with Crippen molar-refractivity contribution in [3.63, 3.8) is 0 Å². The Morgan fingerprint density at radius 1 is 1.07 bits per heavy atom. The van der Waals surface area contributed by atoms with E-state index in [0.29, 0.717) is 19.0 Å². The summed E-state index contributed by atoms with van der Waals surface area (Å²) in [5.74, 6) is 0.690. The summed E-state index contributed by atoms with van der Waals surface area (Å²) in [6.45, 7) is 5.35. The zero-order valence-corrected chi connectivity index (χ0v) is 17.4. The normalized spacial score (nSPS) is 11.7. The van der Waals surface area contributed by atoms with Crippen LogP contribution in [0.4, 0.5) is 0 Å². The fourth-order valence-corrected chi connectivity index (χ4v) is 3.02. The van der Waals surface area contributed by atoms with Crippen LogP contribution in [0.3, 0.4) is 0 Å². The van der Waals surface area contributed by atoms with E-state index in [1.165, 1.54) is 0 Å².